The van der Waals surface area contributed by atoms with Crippen LogP contribution < -0.4 is 10.7 Å². The van der Waals surface area contributed by atoms with Crippen molar-refractivity contribution in [2.24, 2.45) is 9.98 Å². The Labute approximate surface area is 210 Å². The van der Waals surface area contributed by atoms with Crippen LogP contribution in [0.25, 0.3) is 33.4 Å². The highest BCUT2D eigenvalue weighted by Crippen LogP contribution is 2.50. The quantitative estimate of drug-likeness (QED) is 0.257. The molecule has 0 N–H and O–H groups in total. The second-order valence-corrected chi connectivity index (χ2v) is 9.50. The summed E-state index contributed by atoms with van der Waals surface area (Å²) in [4.78, 5) is 10.3. The Morgan fingerprint density at radius 3 is 1.97 bits per heavy atom. The lowest BCUT2D eigenvalue weighted by atomic mass is 9.83. The summed E-state index contributed by atoms with van der Waals surface area (Å²) in [7, 11) is 0. The largest absolute Gasteiger partial charge is 0.248 e. The first-order valence-corrected chi connectivity index (χ1v) is 12.8. The fourth-order valence-corrected chi connectivity index (χ4v) is 5.91. The van der Waals surface area contributed by atoms with Gasteiger partial charge in [-0.2, -0.15) is 0 Å². The van der Waals surface area contributed by atoms with E-state index in [1.807, 2.05) is 0 Å². The first-order valence-electron chi connectivity index (χ1n) is 12.8. The molecule has 0 saturated heterocycles. The van der Waals surface area contributed by atoms with E-state index < -0.39 is 0 Å². The maximum atomic E-state index is 5.14. The van der Waals surface area contributed by atoms with Crippen LogP contribution in [0.15, 0.2) is 107 Å². The zero-order chi connectivity index (χ0) is 24.2. The van der Waals surface area contributed by atoms with Crippen molar-refractivity contribution in [1.82, 2.24) is 0 Å². The highest BCUT2D eigenvalue weighted by Gasteiger charge is 2.27. The Bertz CT molecular complexity index is 1910. The van der Waals surface area contributed by atoms with Gasteiger partial charge in [0.2, 0.25) is 0 Å². The van der Waals surface area contributed by atoms with Crippen LogP contribution >= 0.6 is 0 Å². The minimum atomic E-state index is 0.974. The predicted molar refractivity (Wildman–Crippen MR) is 147 cm³/mol. The maximum Gasteiger partial charge on any atom is 0.0817 e. The summed E-state index contributed by atoms with van der Waals surface area (Å²) in [6, 6.07) is 34.9. The Hall–Kier alpha value is -4.30. The van der Waals surface area contributed by atoms with E-state index in [4.69, 9.17) is 9.98 Å². The number of fused-ring (bicyclic) bond motifs is 6. The maximum absolute atomic E-state index is 5.14. The van der Waals surface area contributed by atoms with Gasteiger partial charge in [0, 0.05) is 21.6 Å². The van der Waals surface area contributed by atoms with Crippen molar-refractivity contribution in [2.45, 2.75) is 26.7 Å². The topological polar surface area (TPSA) is 24.7 Å². The lowest BCUT2D eigenvalue weighted by Crippen LogP contribution is -2.02. The molecule has 0 saturated carbocycles. The molecule has 0 radical (unpaired) electrons. The summed E-state index contributed by atoms with van der Waals surface area (Å²) in [5.74, 6) is 0. The molecule has 2 heteroatoms. The van der Waals surface area contributed by atoms with Gasteiger partial charge in [-0.15, -0.1) is 0 Å². The average Bonchev–Trinajstić information content (AvgIpc) is 3.50. The van der Waals surface area contributed by atoms with Gasteiger partial charge in [-0.3, -0.25) is 0 Å². The highest BCUT2D eigenvalue weighted by atomic mass is 14.8. The molecular weight excluding hydrogens is 436 g/mol. The van der Waals surface area contributed by atoms with Crippen molar-refractivity contribution in [3.05, 3.63) is 129 Å². The van der Waals surface area contributed by atoms with Gasteiger partial charge in [0.25, 0.3) is 0 Å². The van der Waals surface area contributed by atoms with Crippen LogP contribution in [0, 0.1) is 10.4 Å². The summed E-state index contributed by atoms with van der Waals surface area (Å²) in [6.07, 6.45) is 1.96. The third-order valence-corrected chi connectivity index (χ3v) is 7.61. The molecule has 0 aliphatic carbocycles. The minimum Gasteiger partial charge on any atom is -0.248 e. The predicted octanol–water partition coefficient (Wildman–Crippen LogP) is 7.63. The van der Waals surface area contributed by atoms with Gasteiger partial charge in [-0.05, 0) is 70.5 Å². The lowest BCUT2D eigenvalue weighted by Gasteiger charge is -2.20. The Balaban J connectivity index is 1.64. The highest BCUT2D eigenvalue weighted by molar-refractivity contribution is 6.04. The first-order chi connectivity index (χ1) is 17.8. The Kier molecular flexibility index (Phi) is 4.75. The van der Waals surface area contributed by atoms with Crippen LogP contribution in [-0.4, -0.2) is 0 Å². The van der Waals surface area contributed by atoms with Gasteiger partial charge >= 0.3 is 0 Å². The third kappa shape index (κ3) is 2.97. The normalized spacial score (nSPS) is 12.3. The van der Waals surface area contributed by atoms with Gasteiger partial charge in [0.15, 0.2) is 0 Å². The van der Waals surface area contributed by atoms with Crippen molar-refractivity contribution in [3.63, 3.8) is 0 Å². The first kappa shape index (κ1) is 21.0. The number of benzene rings is 5. The zero-order valence-corrected chi connectivity index (χ0v) is 20.5. The van der Waals surface area contributed by atoms with E-state index in [1.165, 1.54) is 49.4 Å². The summed E-state index contributed by atoms with van der Waals surface area (Å²) >= 11 is 0. The second-order valence-electron chi connectivity index (χ2n) is 9.50. The number of nitrogens with zero attached hydrogens (tertiary/aromatic N) is 2. The van der Waals surface area contributed by atoms with Crippen LogP contribution in [-0.2, 0) is 12.8 Å². The number of para-hydroxylation sites is 1. The van der Waals surface area contributed by atoms with E-state index in [9.17, 15) is 0 Å². The molecule has 2 heterocycles. The molecule has 172 valence electrons. The van der Waals surface area contributed by atoms with Crippen LogP contribution in [0.5, 0.6) is 0 Å². The van der Waals surface area contributed by atoms with E-state index in [-0.39, 0.29) is 0 Å². The van der Waals surface area contributed by atoms with Crippen LogP contribution in [0.2, 0.25) is 0 Å². The molecule has 0 amide bonds. The monoisotopic (exact) mass is 462 g/mol. The summed E-state index contributed by atoms with van der Waals surface area (Å²) in [5, 5.41) is 4.45. The van der Waals surface area contributed by atoms with Crippen LogP contribution in [0.3, 0.4) is 0 Å². The number of aryl methyl sites for hydroxylation is 2. The molecule has 0 bridgehead atoms. The third-order valence-electron chi connectivity index (χ3n) is 7.61. The van der Waals surface area contributed by atoms with E-state index in [2.05, 4.69) is 111 Å². The molecule has 36 heavy (non-hydrogen) atoms. The smallest absolute Gasteiger partial charge is 0.0817 e. The molecule has 0 fully saturated rings. The van der Waals surface area contributed by atoms with Crippen molar-refractivity contribution >= 4 is 11.4 Å². The molecule has 5 aromatic rings. The molecule has 7 rings (SSSR count). The van der Waals surface area contributed by atoms with Crippen LogP contribution in [0.4, 0.5) is 11.4 Å². The zero-order valence-electron chi connectivity index (χ0n) is 20.5. The van der Waals surface area contributed by atoms with Gasteiger partial charge in [-0.25, -0.2) is 9.98 Å². The molecule has 2 nitrogen and oxygen atoms in total. The Morgan fingerprint density at radius 2 is 1.17 bits per heavy atom. The number of hydrogen-bond donors (Lipinski definition) is 0. The molecule has 0 unspecified atom stereocenters. The van der Waals surface area contributed by atoms with E-state index >= 15 is 0 Å². The molecule has 0 aromatic heterocycles. The standard InChI is InChI=1S/C34H26N2/c1-3-21-11-5-7-13-23(21)26-17-19-29-32(31(26)24-14-8-6-12-22(24)4-2)33-30(35-29)20-18-27-25-15-9-10-16-28(25)36-34(27)33/h5-20H,3-4H2,1-2H3. The fourth-order valence-electron chi connectivity index (χ4n) is 5.91. The van der Waals surface area contributed by atoms with Gasteiger partial charge < -0.3 is 0 Å². The average molecular weight is 463 g/mol. The van der Waals surface area contributed by atoms with E-state index in [0.717, 1.165) is 40.5 Å². The van der Waals surface area contributed by atoms with Gasteiger partial charge in [0.05, 0.1) is 22.1 Å². The minimum absolute atomic E-state index is 0.974. The lowest BCUT2D eigenvalue weighted by molar-refractivity contribution is 1.14. The van der Waals surface area contributed by atoms with Gasteiger partial charge in [-0.1, -0.05) is 86.6 Å². The van der Waals surface area contributed by atoms with Gasteiger partial charge in [0.1, 0.15) is 0 Å². The van der Waals surface area contributed by atoms with E-state index in [0.29, 0.717) is 0 Å². The molecule has 5 aromatic carbocycles. The van der Waals surface area contributed by atoms with Crippen LogP contribution in [0.1, 0.15) is 25.0 Å². The van der Waals surface area contributed by atoms with Crippen molar-refractivity contribution in [3.8, 4) is 33.4 Å². The number of rotatable bonds is 4. The second kappa shape index (κ2) is 8.13. The molecule has 0 atom stereocenters. The summed E-state index contributed by atoms with van der Waals surface area (Å²) < 4.78 is 0. The molecular formula is C34H26N2. The molecule has 2 aliphatic heterocycles. The SMILES string of the molecule is CCc1ccccc1-c1ccc2c(c1-c1ccccc1CC)-c1c3c(ccc1=N2)=c1ccccc1=N3. The van der Waals surface area contributed by atoms with Crippen molar-refractivity contribution in [2.75, 3.05) is 0 Å². The number of hydrogen-bond acceptors (Lipinski definition) is 2. The summed E-state index contributed by atoms with van der Waals surface area (Å²) in [5.41, 5.74) is 12.3. The molecule has 0 spiro atoms. The van der Waals surface area contributed by atoms with Crippen molar-refractivity contribution in [1.29, 1.82) is 0 Å². The molecule has 2 aliphatic rings. The Morgan fingerprint density at radius 1 is 0.472 bits per heavy atom. The van der Waals surface area contributed by atoms with E-state index in [1.54, 1.807) is 0 Å². The van der Waals surface area contributed by atoms with Crippen molar-refractivity contribution < 1.29 is 0 Å². The fraction of sp³-hybridized carbons (Fsp3) is 0.118. The summed E-state index contributed by atoms with van der Waals surface area (Å²) in [6.45, 7) is 4.48.